The number of rotatable bonds is 7. The summed E-state index contributed by atoms with van der Waals surface area (Å²) < 4.78 is 23.8. The molecule has 0 bridgehead atoms. The largest absolute Gasteiger partial charge is 0.490 e. The summed E-state index contributed by atoms with van der Waals surface area (Å²) in [6.45, 7) is 3.80. The average molecular weight is 300 g/mol. The van der Waals surface area contributed by atoms with Crippen LogP contribution in [0.15, 0.2) is 12.1 Å². The summed E-state index contributed by atoms with van der Waals surface area (Å²) in [4.78, 5) is 23.0. The number of hydrogen-bond acceptors (Lipinski definition) is 6. The molecule has 0 spiro atoms. The Labute approximate surface area is 121 Å². The van der Waals surface area contributed by atoms with Gasteiger partial charge < -0.3 is 14.4 Å². The number of anilines is 1. The molecule has 21 heavy (non-hydrogen) atoms. The minimum Gasteiger partial charge on any atom is -0.490 e. The van der Waals surface area contributed by atoms with Gasteiger partial charge in [-0.15, -0.1) is 0 Å². The highest BCUT2D eigenvalue weighted by Crippen LogP contribution is 2.34. The van der Waals surface area contributed by atoms with Crippen LogP contribution in [0.4, 0.5) is 15.8 Å². The predicted octanol–water partition coefficient (Wildman–Crippen LogP) is 2.13. The van der Waals surface area contributed by atoms with Crippen molar-refractivity contribution in [1.29, 1.82) is 0 Å². The first-order valence-electron chi connectivity index (χ1n) is 6.37. The van der Waals surface area contributed by atoms with E-state index in [0.29, 0.717) is 6.54 Å². The van der Waals surface area contributed by atoms with Crippen LogP contribution in [0, 0.1) is 15.9 Å². The maximum absolute atomic E-state index is 14.0. The lowest BCUT2D eigenvalue weighted by atomic mass is 10.2. The van der Waals surface area contributed by atoms with Crippen LogP contribution >= 0.6 is 0 Å². The summed E-state index contributed by atoms with van der Waals surface area (Å²) in [7, 11) is 1.26. The molecule has 0 saturated heterocycles. The second kappa shape index (κ2) is 7.41. The zero-order valence-corrected chi connectivity index (χ0v) is 12.1. The fourth-order valence-electron chi connectivity index (χ4n) is 1.81. The predicted molar refractivity (Wildman–Crippen MR) is 74.1 cm³/mol. The fourth-order valence-corrected chi connectivity index (χ4v) is 1.81. The van der Waals surface area contributed by atoms with Crippen molar-refractivity contribution in [2.24, 2.45) is 0 Å². The van der Waals surface area contributed by atoms with Gasteiger partial charge in [0.2, 0.25) is 0 Å². The van der Waals surface area contributed by atoms with E-state index >= 15 is 0 Å². The Kier molecular flexibility index (Phi) is 5.89. The Morgan fingerprint density at radius 3 is 2.57 bits per heavy atom. The maximum Gasteiger partial charge on any atom is 0.325 e. The number of nitro groups is 1. The molecule has 0 radical (unpaired) electrons. The second-order valence-corrected chi connectivity index (χ2v) is 4.05. The Hall–Kier alpha value is -2.38. The third-order valence-electron chi connectivity index (χ3n) is 2.79. The molecule has 1 aromatic rings. The summed E-state index contributed by atoms with van der Waals surface area (Å²) >= 11 is 0. The normalized spacial score (nSPS) is 10.1. The molecule has 0 aliphatic heterocycles. The number of nitrogens with zero attached hydrogens (tertiary/aromatic N) is 2. The van der Waals surface area contributed by atoms with Crippen molar-refractivity contribution in [3.8, 4) is 5.75 Å². The molecule has 0 heterocycles. The molecular weight excluding hydrogens is 283 g/mol. The van der Waals surface area contributed by atoms with E-state index in [-0.39, 0.29) is 24.6 Å². The molecule has 7 nitrogen and oxygen atoms in total. The molecule has 0 saturated carbocycles. The summed E-state index contributed by atoms with van der Waals surface area (Å²) in [5.74, 6) is -1.37. The standard InChI is InChI=1S/C13H17FN2O5/c1-4-15(8-13(17)21-5-2)10-7-12(20-3)11(16(18)19)6-9(10)14/h6-7H,4-5,8H2,1-3H3. The van der Waals surface area contributed by atoms with Crippen LogP contribution in [-0.2, 0) is 9.53 Å². The summed E-state index contributed by atoms with van der Waals surface area (Å²) in [5.41, 5.74) is -0.418. The van der Waals surface area contributed by atoms with Gasteiger partial charge >= 0.3 is 11.7 Å². The topological polar surface area (TPSA) is 81.9 Å². The third kappa shape index (κ3) is 4.04. The molecule has 0 atom stereocenters. The minimum absolute atomic E-state index is 0.0491. The van der Waals surface area contributed by atoms with Gasteiger partial charge in [0.05, 0.1) is 30.4 Å². The molecule has 1 aromatic carbocycles. The Morgan fingerprint density at radius 1 is 1.43 bits per heavy atom. The quantitative estimate of drug-likeness (QED) is 0.436. The van der Waals surface area contributed by atoms with Gasteiger partial charge in [0.15, 0.2) is 11.6 Å². The number of halogens is 1. The number of benzene rings is 1. The van der Waals surface area contributed by atoms with Gasteiger partial charge in [-0.05, 0) is 13.8 Å². The molecule has 0 N–H and O–H groups in total. The lowest BCUT2D eigenvalue weighted by Gasteiger charge is -2.22. The number of methoxy groups -OCH3 is 1. The summed E-state index contributed by atoms with van der Waals surface area (Å²) in [5, 5.41) is 10.8. The van der Waals surface area contributed by atoms with Crippen molar-refractivity contribution in [2.75, 3.05) is 31.7 Å². The summed E-state index contributed by atoms with van der Waals surface area (Å²) in [6.07, 6.45) is 0. The second-order valence-electron chi connectivity index (χ2n) is 4.05. The first kappa shape index (κ1) is 16.7. The molecule has 0 aliphatic carbocycles. The van der Waals surface area contributed by atoms with Crippen LogP contribution in [0.25, 0.3) is 0 Å². The van der Waals surface area contributed by atoms with E-state index in [9.17, 15) is 19.3 Å². The van der Waals surface area contributed by atoms with Crippen LogP contribution in [0.1, 0.15) is 13.8 Å². The van der Waals surface area contributed by atoms with Gasteiger partial charge in [-0.2, -0.15) is 0 Å². The van der Waals surface area contributed by atoms with Gasteiger partial charge in [-0.1, -0.05) is 0 Å². The van der Waals surface area contributed by atoms with Crippen LogP contribution in [0.3, 0.4) is 0 Å². The highest BCUT2D eigenvalue weighted by atomic mass is 19.1. The van der Waals surface area contributed by atoms with Crippen molar-refractivity contribution in [2.45, 2.75) is 13.8 Å². The number of carbonyl (C=O) groups excluding carboxylic acids is 1. The fraction of sp³-hybridized carbons (Fsp3) is 0.462. The number of hydrogen-bond donors (Lipinski definition) is 0. The van der Waals surface area contributed by atoms with Crippen molar-refractivity contribution in [3.63, 3.8) is 0 Å². The molecule has 0 aromatic heterocycles. The van der Waals surface area contributed by atoms with Crippen molar-refractivity contribution in [3.05, 3.63) is 28.1 Å². The van der Waals surface area contributed by atoms with E-state index in [2.05, 4.69) is 0 Å². The lowest BCUT2D eigenvalue weighted by molar-refractivity contribution is -0.385. The van der Waals surface area contributed by atoms with E-state index in [1.807, 2.05) is 0 Å². The van der Waals surface area contributed by atoms with Gasteiger partial charge in [0.1, 0.15) is 6.54 Å². The van der Waals surface area contributed by atoms with Crippen molar-refractivity contribution < 1.29 is 23.6 Å². The Morgan fingerprint density at radius 2 is 2.10 bits per heavy atom. The lowest BCUT2D eigenvalue weighted by Crippen LogP contribution is -2.31. The molecule has 0 fully saturated rings. The van der Waals surface area contributed by atoms with Gasteiger partial charge in [0.25, 0.3) is 0 Å². The Balaban J connectivity index is 3.15. The van der Waals surface area contributed by atoms with E-state index in [0.717, 1.165) is 6.07 Å². The van der Waals surface area contributed by atoms with Crippen molar-refractivity contribution in [1.82, 2.24) is 0 Å². The van der Waals surface area contributed by atoms with Gasteiger partial charge in [0, 0.05) is 12.6 Å². The van der Waals surface area contributed by atoms with Crippen LogP contribution in [0.2, 0.25) is 0 Å². The van der Waals surface area contributed by atoms with E-state index in [4.69, 9.17) is 9.47 Å². The Bertz CT molecular complexity index is 536. The SMILES string of the molecule is CCOC(=O)CN(CC)c1cc(OC)c([N+](=O)[O-])cc1F. The number of carbonyl (C=O) groups is 1. The van der Waals surface area contributed by atoms with Crippen LogP contribution in [-0.4, -0.2) is 37.7 Å². The van der Waals surface area contributed by atoms with E-state index in [1.54, 1.807) is 13.8 Å². The molecule has 116 valence electrons. The number of nitro benzene ring substituents is 1. The first-order chi connectivity index (χ1) is 9.94. The zero-order valence-electron chi connectivity index (χ0n) is 12.1. The van der Waals surface area contributed by atoms with E-state index < -0.39 is 22.4 Å². The number of likely N-dealkylation sites (N-methyl/N-ethyl adjacent to an activating group) is 1. The minimum atomic E-state index is -0.798. The number of esters is 1. The molecule has 0 unspecified atom stereocenters. The molecule has 0 amide bonds. The average Bonchev–Trinajstić information content (AvgIpc) is 2.45. The van der Waals surface area contributed by atoms with Gasteiger partial charge in [-0.3, -0.25) is 14.9 Å². The third-order valence-corrected chi connectivity index (χ3v) is 2.79. The van der Waals surface area contributed by atoms with Crippen LogP contribution < -0.4 is 9.64 Å². The molecule has 0 aliphatic rings. The molecule has 1 rings (SSSR count). The van der Waals surface area contributed by atoms with Crippen molar-refractivity contribution >= 4 is 17.3 Å². The highest BCUT2D eigenvalue weighted by molar-refractivity contribution is 5.76. The smallest absolute Gasteiger partial charge is 0.325 e. The molecule has 8 heteroatoms. The van der Waals surface area contributed by atoms with Gasteiger partial charge in [-0.25, -0.2) is 4.39 Å². The number of ether oxygens (including phenoxy) is 2. The highest BCUT2D eigenvalue weighted by Gasteiger charge is 2.22. The van der Waals surface area contributed by atoms with Crippen LogP contribution in [0.5, 0.6) is 5.75 Å². The first-order valence-corrected chi connectivity index (χ1v) is 6.37. The van der Waals surface area contributed by atoms with E-state index in [1.165, 1.54) is 18.1 Å². The zero-order chi connectivity index (χ0) is 16.0. The maximum atomic E-state index is 14.0. The molecular formula is C13H17FN2O5. The summed E-state index contributed by atoms with van der Waals surface area (Å²) in [6, 6.07) is 1.98. The monoisotopic (exact) mass is 300 g/mol.